The number of hydrogen-bond donors (Lipinski definition) is 1. The Kier molecular flexibility index (Phi) is 7.17. The number of nitrogens with one attached hydrogen (secondary N) is 1. The standard InChI is InChI=1S/C23H28N2O5/c1-28-19-6-4-5-17(13-19)22(26)24-15-16-9-11-25(12-10-16)23(27)18-7-8-20(29-2)21(14-18)30-3/h4-8,13-14,16H,9-12,15H2,1-3H3,(H,24,26). The predicted octanol–water partition coefficient (Wildman–Crippen LogP) is 2.99. The Labute approximate surface area is 176 Å². The van der Waals surface area contributed by atoms with E-state index >= 15 is 0 Å². The van der Waals surface area contributed by atoms with E-state index in [9.17, 15) is 9.59 Å². The number of hydrogen-bond acceptors (Lipinski definition) is 5. The fraction of sp³-hybridized carbons (Fsp3) is 0.391. The van der Waals surface area contributed by atoms with Crippen molar-refractivity contribution in [2.45, 2.75) is 12.8 Å². The van der Waals surface area contributed by atoms with Gasteiger partial charge >= 0.3 is 0 Å². The van der Waals surface area contributed by atoms with Gasteiger partial charge in [-0.1, -0.05) is 6.07 Å². The van der Waals surface area contributed by atoms with E-state index in [2.05, 4.69) is 5.32 Å². The third-order valence-electron chi connectivity index (χ3n) is 5.42. The minimum atomic E-state index is -0.113. The van der Waals surface area contributed by atoms with Crippen LogP contribution < -0.4 is 19.5 Å². The van der Waals surface area contributed by atoms with E-state index in [1.165, 1.54) is 0 Å². The molecule has 7 nitrogen and oxygen atoms in total. The molecule has 1 aliphatic heterocycles. The molecule has 7 heteroatoms. The quantitative estimate of drug-likeness (QED) is 0.757. The second-order valence-electron chi connectivity index (χ2n) is 7.25. The van der Waals surface area contributed by atoms with Gasteiger partial charge in [-0.05, 0) is 55.2 Å². The first-order valence-corrected chi connectivity index (χ1v) is 9.99. The molecule has 0 radical (unpaired) electrons. The van der Waals surface area contributed by atoms with Crippen molar-refractivity contribution in [1.82, 2.24) is 10.2 Å². The lowest BCUT2D eigenvalue weighted by Crippen LogP contribution is -2.41. The Balaban J connectivity index is 1.51. The molecular weight excluding hydrogens is 384 g/mol. The topological polar surface area (TPSA) is 77.1 Å². The maximum absolute atomic E-state index is 12.8. The van der Waals surface area contributed by atoms with Crippen molar-refractivity contribution in [3.05, 3.63) is 53.6 Å². The number of benzene rings is 2. The van der Waals surface area contributed by atoms with Crippen molar-refractivity contribution in [2.75, 3.05) is 41.0 Å². The summed E-state index contributed by atoms with van der Waals surface area (Å²) in [4.78, 5) is 27.1. The van der Waals surface area contributed by atoms with Crippen molar-refractivity contribution in [3.8, 4) is 17.2 Å². The summed E-state index contributed by atoms with van der Waals surface area (Å²) in [5.41, 5.74) is 1.16. The smallest absolute Gasteiger partial charge is 0.253 e. The van der Waals surface area contributed by atoms with Crippen LogP contribution in [0.5, 0.6) is 17.2 Å². The van der Waals surface area contributed by atoms with Crippen LogP contribution in [0, 0.1) is 5.92 Å². The molecule has 160 valence electrons. The number of carbonyl (C=O) groups is 2. The molecule has 0 aromatic heterocycles. The van der Waals surface area contributed by atoms with Crippen LogP contribution in [0.15, 0.2) is 42.5 Å². The van der Waals surface area contributed by atoms with Gasteiger partial charge in [0.2, 0.25) is 0 Å². The number of nitrogens with zero attached hydrogens (tertiary/aromatic N) is 1. The van der Waals surface area contributed by atoms with Gasteiger partial charge in [0.1, 0.15) is 5.75 Å². The lowest BCUT2D eigenvalue weighted by Gasteiger charge is -2.32. The zero-order valence-electron chi connectivity index (χ0n) is 17.6. The fourth-order valence-corrected chi connectivity index (χ4v) is 3.60. The van der Waals surface area contributed by atoms with Crippen LogP contribution in [0.4, 0.5) is 0 Å². The van der Waals surface area contributed by atoms with Gasteiger partial charge < -0.3 is 24.4 Å². The number of rotatable bonds is 7. The molecule has 2 aromatic rings. The number of ether oxygens (including phenoxy) is 3. The second kappa shape index (κ2) is 10.0. The second-order valence-corrected chi connectivity index (χ2v) is 7.25. The first-order chi connectivity index (χ1) is 14.5. The first kappa shape index (κ1) is 21.5. The van der Waals surface area contributed by atoms with Gasteiger partial charge in [0.05, 0.1) is 21.3 Å². The maximum Gasteiger partial charge on any atom is 0.253 e. The van der Waals surface area contributed by atoms with Crippen LogP contribution >= 0.6 is 0 Å². The summed E-state index contributed by atoms with van der Waals surface area (Å²) in [5, 5.41) is 3.00. The molecule has 0 bridgehead atoms. The van der Waals surface area contributed by atoms with Gasteiger partial charge in [-0.25, -0.2) is 0 Å². The predicted molar refractivity (Wildman–Crippen MR) is 114 cm³/mol. The number of likely N-dealkylation sites (tertiary alicyclic amines) is 1. The average molecular weight is 412 g/mol. The van der Waals surface area contributed by atoms with Crippen LogP contribution in [-0.2, 0) is 0 Å². The SMILES string of the molecule is COc1cccc(C(=O)NCC2CCN(C(=O)c3ccc(OC)c(OC)c3)CC2)c1. The van der Waals surface area contributed by atoms with Crippen LogP contribution in [0.3, 0.4) is 0 Å². The Morgan fingerprint density at radius 1 is 0.933 bits per heavy atom. The summed E-state index contributed by atoms with van der Waals surface area (Å²) in [5.74, 6) is 2.00. The number of piperidine rings is 1. The van der Waals surface area contributed by atoms with Crippen LogP contribution in [0.1, 0.15) is 33.6 Å². The summed E-state index contributed by atoms with van der Waals surface area (Å²) >= 11 is 0. The summed E-state index contributed by atoms with van der Waals surface area (Å²) in [6, 6.07) is 12.3. The van der Waals surface area contributed by atoms with E-state index in [1.807, 2.05) is 11.0 Å². The minimum Gasteiger partial charge on any atom is -0.497 e. The van der Waals surface area contributed by atoms with Gasteiger partial charge in [0, 0.05) is 30.8 Å². The summed E-state index contributed by atoms with van der Waals surface area (Å²) in [6.07, 6.45) is 1.69. The zero-order chi connectivity index (χ0) is 21.5. The molecule has 30 heavy (non-hydrogen) atoms. The van der Waals surface area contributed by atoms with E-state index in [0.717, 1.165) is 12.8 Å². The molecule has 0 aliphatic carbocycles. The van der Waals surface area contributed by atoms with Gasteiger partial charge in [0.15, 0.2) is 11.5 Å². The van der Waals surface area contributed by atoms with Crippen molar-refractivity contribution in [3.63, 3.8) is 0 Å². The number of methoxy groups -OCH3 is 3. The molecule has 1 heterocycles. The van der Waals surface area contributed by atoms with E-state index in [0.29, 0.717) is 53.9 Å². The minimum absolute atomic E-state index is 0.0187. The van der Waals surface area contributed by atoms with Crippen molar-refractivity contribution in [2.24, 2.45) is 5.92 Å². The summed E-state index contributed by atoms with van der Waals surface area (Å²) in [6.45, 7) is 1.91. The Morgan fingerprint density at radius 3 is 2.33 bits per heavy atom. The molecule has 3 rings (SSSR count). The molecule has 1 N–H and O–H groups in total. The third kappa shape index (κ3) is 5.03. The van der Waals surface area contributed by atoms with Crippen molar-refractivity contribution >= 4 is 11.8 Å². The van der Waals surface area contributed by atoms with E-state index in [-0.39, 0.29) is 11.8 Å². The van der Waals surface area contributed by atoms with Crippen LogP contribution in [0.25, 0.3) is 0 Å². The molecule has 1 saturated heterocycles. The maximum atomic E-state index is 12.8. The molecule has 1 fully saturated rings. The molecule has 2 aromatic carbocycles. The van der Waals surface area contributed by atoms with Crippen LogP contribution in [0.2, 0.25) is 0 Å². The molecule has 0 atom stereocenters. The number of amides is 2. The highest BCUT2D eigenvalue weighted by atomic mass is 16.5. The first-order valence-electron chi connectivity index (χ1n) is 9.99. The molecule has 1 aliphatic rings. The zero-order valence-corrected chi connectivity index (χ0v) is 17.6. The fourth-order valence-electron chi connectivity index (χ4n) is 3.60. The normalized spacial score (nSPS) is 14.2. The van der Waals surface area contributed by atoms with Crippen molar-refractivity contribution < 1.29 is 23.8 Å². The highest BCUT2D eigenvalue weighted by Gasteiger charge is 2.24. The Bertz CT molecular complexity index is 891. The third-order valence-corrected chi connectivity index (χ3v) is 5.42. The summed E-state index contributed by atoms with van der Waals surface area (Å²) in [7, 11) is 4.70. The Morgan fingerprint density at radius 2 is 1.67 bits per heavy atom. The Hall–Kier alpha value is -3.22. The number of carbonyl (C=O) groups excluding carboxylic acids is 2. The summed E-state index contributed by atoms with van der Waals surface area (Å²) < 4.78 is 15.7. The monoisotopic (exact) mass is 412 g/mol. The van der Waals surface area contributed by atoms with E-state index in [1.54, 1.807) is 57.7 Å². The molecule has 0 unspecified atom stereocenters. The molecule has 2 amide bonds. The largest absolute Gasteiger partial charge is 0.497 e. The van der Waals surface area contributed by atoms with E-state index < -0.39 is 0 Å². The van der Waals surface area contributed by atoms with E-state index in [4.69, 9.17) is 14.2 Å². The lowest BCUT2D eigenvalue weighted by atomic mass is 9.96. The molecule has 0 spiro atoms. The molecule has 0 saturated carbocycles. The van der Waals surface area contributed by atoms with Crippen LogP contribution in [-0.4, -0.2) is 57.7 Å². The van der Waals surface area contributed by atoms with Gasteiger partial charge in [-0.15, -0.1) is 0 Å². The molecular formula is C23H28N2O5. The highest BCUT2D eigenvalue weighted by molar-refractivity contribution is 5.95. The van der Waals surface area contributed by atoms with Crippen molar-refractivity contribution in [1.29, 1.82) is 0 Å². The van der Waals surface area contributed by atoms with Gasteiger partial charge in [-0.3, -0.25) is 9.59 Å². The lowest BCUT2D eigenvalue weighted by molar-refractivity contribution is 0.0684. The van der Waals surface area contributed by atoms with Gasteiger partial charge in [-0.2, -0.15) is 0 Å². The average Bonchev–Trinajstić information content (AvgIpc) is 2.81. The highest BCUT2D eigenvalue weighted by Crippen LogP contribution is 2.28. The van der Waals surface area contributed by atoms with Gasteiger partial charge in [0.25, 0.3) is 11.8 Å².